The van der Waals surface area contributed by atoms with Gasteiger partial charge < -0.3 is 14.4 Å². The normalized spacial score (nSPS) is 15.5. The zero-order valence-corrected chi connectivity index (χ0v) is 13.3. The van der Waals surface area contributed by atoms with E-state index in [1.807, 2.05) is 15.8 Å². The molecule has 2 aromatic rings. The minimum absolute atomic E-state index is 0.0125. The molecular formula is C16H20N4O3. The lowest BCUT2D eigenvalue weighted by Gasteiger charge is -2.32. The van der Waals surface area contributed by atoms with E-state index in [0.29, 0.717) is 36.2 Å². The van der Waals surface area contributed by atoms with Crippen molar-refractivity contribution in [3.05, 3.63) is 36.2 Å². The van der Waals surface area contributed by atoms with Gasteiger partial charge in [-0.2, -0.15) is 0 Å². The van der Waals surface area contributed by atoms with Gasteiger partial charge in [0.05, 0.1) is 32.0 Å². The number of aromatic nitrogens is 3. The van der Waals surface area contributed by atoms with Crippen LogP contribution < -0.4 is 9.47 Å². The standard InChI is InChI=1S/C16H20N4O3/c1-22-13-3-4-14(15(11-13)23-2)16(21)19-8-5-12(6-9-19)20-10-7-17-18-20/h3-4,7,10-12H,5-6,8-9H2,1-2H3. The summed E-state index contributed by atoms with van der Waals surface area (Å²) in [6.07, 6.45) is 5.29. The highest BCUT2D eigenvalue weighted by molar-refractivity contribution is 5.97. The number of likely N-dealkylation sites (tertiary alicyclic amines) is 1. The smallest absolute Gasteiger partial charge is 0.257 e. The third-order valence-electron chi connectivity index (χ3n) is 4.21. The number of methoxy groups -OCH3 is 2. The van der Waals surface area contributed by atoms with E-state index in [-0.39, 0.29) is 5.91 Å². The van der Waals surface area contributed by atoms with Gasteiger partial charge in [-0.15, -0.1) is 5.10 Å². The van der Waals surface area contributed by atoms with Gasteiger partial charge in [-0.05, 0) is 25.0 Å². The van der Waals surface area contributed by atoms with E-state index in [2.05, 4.69) is 10.3 Å². The average Bonchev–Trinajstić information content (AvgIpc) is 3.15. The lowest BCUT2D eigenvalue weighted by Crippen LogP contribution is -2.39. The average molecular weight is 316 g/mol. The Balaban J connectivity index is 1.70. The molecule has 1 saturated heterocycles. The summed E-state index contributed by atoms with van der Waals surface area (Å²) in [5.41, 5.74) is 0.563. The van der Waals surface area contributed by atoms with Crippen molar-refractivity contribution in [2.75, 3.05) is 27.3 Å². The number of rotatable bonds is 4. The minimum atomic E-state index is -0.0125. The summed E-state index contributed by atoms with van der Waals surface area (Å²) in [6, 6.07) is 5.57. The van der Waals surface area contributed by atoms with E-state index in [1.165, 1.54) is 0 Å². The lowest BCUT2D eigenvalue weighted by molar-refractivity contribution is 0.0686. The number of carbonyl (C=O) groups is 1. The number of nitrogens with zero attached hydrogens (tertiary/aromatic N) is 4. The Morgan fingerprint density at radius 2 is 2.00 bits per heavy atom. The number of hydrogen-bond acceptors (Lipinski definition) is 5. The molecule has 1 fully saturated rings. The Bertz CT molecular complexity index is 664. The highest BCUT2D eigenvalue weighted by Gasteiger charge is 2.26. The van der Waals surface area contributed by atoms with Crippen molar-refractivity contribution in [3.8, 4) is 11.5 Å². The predicted octanol–water partition coefficient (Wildman–Crippen LogP) is 1.77. The summed E-state index contributed by atoms with van der Waals surface area (Å²) in [4.78, 5) is 14.6. The predicted molar refractivity (Wildman–Crippen MR) is 83.7 cm³/mol. The van der Waals surface area contributed by atoms with Crippen LogP contribution in [0.1, 0.15) is 29.2 Å². The maximum atomic E-state index is 12.7. The van der Waals surface area contributed by atoms with Crippen molar-refractivity contribution in [1.29, 1.82) is 0 Å². The highest BCUT2D eigenvalue weighted by Crippen LogP contribution is 2.28. The number of ether oxygens (including phenoxy) is 2. The van der Waals surface area contributed by atoms with Gasteiger partial charge in [-0.3, -0.25) is 4.79 Å². The second kappa shape index (κ2) is 6.68. The Kier molecular flexibility index (Phi) is 4.45. The van der Waals surface area contributed by atoms with E-state index < -0.39 is 0 Å². The Labute approximate surface area is 134 Å². The number of carbonyl (C=O) groups excluding carboxylic acids is 1. The molecule has 2 heterocycles. The molecule has 1 aromatic heterocycles. The van der Waals surface area contributed by atoms with Crippen LogP contribution in [0.3, 0.4) is 0 Å². The molecule has 3 rings (SSSR count). The molecule has 1 amide bonds. The third kappa shape index (κ3) is 3.13. The van der Waals surface area contributed by atoms with Gasteiger partial charge in [-0.25, -0.2) is 4.68 Å². The van der Waals surface area contributed by atoms with Crippen LogP contribution in [0.25, 0.3) is 0 Å². The SMILES string of the molecule is COc1ccc(C(=O)N2CCC(n3ccnn3)CC2)c(OC)c1. The molecule has 7 nitrogen and oxygen atoms in total. The second-order valence-electron chi connectivity index (χ2n) is 5.47. The van der Waals surface area contributed by atoms with Crippen LogP contribution in [-0.2, 0) is 0 Å². The molecule has 0 N–H and O–H groups in total. The van der Waals surface area contributed by atoms with E-state index >= 15 is 0 Å². The first kappa shape index (κ1) is 15.3. The number of amides is 1. The lowest BCUT2D eigenvalue weighted by atomic mass is 10.0. The Morgan fingerprint density at radius 3 is 2.61 bits per heavy atom. The number of benzene rings is 1. The summed E-state index contributed by atoms with van der Waals surface area (Å²) in [7, 11) is 3.15. The van der Waals surface area contributed by atoms with Crippen LogP contribution in [0, 0.1) is 0 Å². The first-order valence-corrected chi connectivity index (χ1v) is 7.60. The molecule has 7 heteroatoms. The van der Waals surface area contributed by atoms with Crippen LogP contribution in [0.15, 0.2) is 30.6 Å². The summed E-state index contributed by atoms with van der Waals surface area (Å²) in [6.45, 7) is 1.39. The van der Waals surface area contributed by atoms with Crippen LogP contribution in [-0.4, -0.2) is 53.1 Å². The molecule has 23 heavy (non-hydrogen) atoms. The summed E-state index contributed by atoms with van der Waals surface area (Å²) >= 11 is 0. The van der Waals surface area contributed by atoms with Crippen molar-refractivity contribution in [2.45, 2.75) is 18.9 Å². The van der Waals surface area contributed by atoms with Crippen LogP contribution in [0.5, 0.6) is 11.5 Å². The third-order valence-corrected chi connectivity index (χ3v) is 4.21. The van der Waals surface area contributed by atoms with Crippen LogP contribution >= 0.6 is 0 Å². The fraction of sp³-hybridized carbons (Fsp3) is 0.438. The fourth-order valence-corrected chi connectivity index (χ4v) is 2.89. The molecule has 0 bridgehead atoms. The largest absolute Gasteiger partial charge is 0.497 e. The van der Waals surface area contributed by atoms with Crippen LogP contribution in [0.2, 0.25) is 0 Å². The molecule has 1 aliphatic heterocycles. The molecule has 0 atom stereocenters. The Morgan fingerprint density at radius 1 is 1.22 bits per heavy atom. The van der Waals surface area contributed by atoms with E-state index in [1.54, 1.807) is 38.6 Å². The second-order valence-corrected chi connectivity index (χ2v) is 5.47. The van der Waals surface area contributed by atoms with Crippen molar-refractivity contribution in [1.82, 2.24) is 19.9 Å². The number of piperidine rings is 1. The van der Waals surface area contributed by atoms with Gasteiger partial charge >= 0.3 is 0 Å². The maximum absolute atomic E-state index is 12.7. The first-order chi connectivity index (χ1) is 11.2. The van der Waals surface area contributed by atoms with Gasteiger partial charge in [0.1, 0.15) is 11.5 Å². The van der Waals surface area contributed by atoms with Gasteiger partial charge in [-0.1, -0.05) is 5.21 Å². The first-order valence-electron chi connectivity index (χ1n) is 7.60. The summed E-state index contributed by atoms with van der Waals surface area (Å²) in [5.74, 6) is 1.19. The van der Waals surface area contributed by atoms with Gasteiger partial charge in [0, 0.05) is 25.4 Å². The van der Waals surface area contributed by atoms with Gasteiger partial charge in [0.15, 0.2) is 0 Å². The zero-order chi connectivity index (χ0) is 16.2. The minimum Gasteiger partial charge on any atom is -0.497 e. The van der Waals surface area contributed by atoms with Crippen molar-refractivity contribution in [2.24, 2.45) is 0 Å². The molecule has 0 unspecified atom stereocenters. The zero-order valence-electron chi connectivity index (χ0n) is 13.3. The van der Waals surface area contributed by atoms with Crippen molar-refractivity contribution >= 4 is 5.91 Å². The van der Waals surface area contributed by atoms with E-state index in [0.717, 1.165) is 12.8 Å². The molecule has 122 valence electrons. The Hall–Kier alpha value is -2.57. The number of hydrogen-bond donors (Lipinski definition) is 0. The van der Waals surface area contributed by atoms with Gasteiger partial charge in [0.25, 0.3) is 5.91 Å². The van der Waals surface area contributed by atoms with Crippen LogP contribution in [0.4, 0.5) is 0 Å². The highest BCUT2D eigenvalue weighted by atomic mass is 16.5. The van der Waals surface area contributed by atoms with E-state index in [4.69, 9.17) is 9.47 Å². The molecule has 0 saturated carbocycles. The van der Waals surface area contributed by atoms with Gasteiger partial charge in [0.2, 0.25) is 0 Å². The fourth-order valence-electron chi connectivity index (χ4n) is 2.89. The summed E-state index contributed by atoms with van der Waals surface area (Å²) < 4.78 is 12.4. The monoisotopic (exact) mass is 316 g/mol. The molecule has 1 aromatic carbocycles. The maximum Gasteiger partial charge on any atom is 0.257 e. The van der Waals surface area contributed by atoms with Crippen molar-refractivity contribution in [3.63, 3.8) is 0 Å². The molecule has 0 radical (unpaired) electrons. The quantitative estimate of drug-likeness (QED) is 0.860. The van der Waals surface area contributed by atoms with Crippen molar-refractivity contribution < 1.29 is 14.3 Å². The molecular weight excluding hydrogens is 296 g/mol. The summed E-state index contributed by atoms with van der Waals surface area (Å²) in [5, 5.41) is 7.89. The molecule has 0 aliphatic carbocycles. The molecule has 1 aliphatic rings. The molecule has 0 spiro atoms. The topological polar surface area (TPSA) is 69.5 Å². The van der Waals surface area contributed by atoms with E-state index in [9.17, 15) is 4.79 Å².